The fraction of sp³-hybridized carbons (Fsp3) is 0.355. The van der Waals surface area contributed by atoms with E-state index in [0.29, 0.717) is 31.9 Å². The number of benzene rings is 1. The Balaban J connectivity index is 1.14. The first-order chi connectivity index (χ1) is 22.8. The number of hydrogen-bond donors (Lipinski definition) is 2. The van der Waals surface area contributed by atoms with E-state index < -0.39 is 17.8 Å². The fourth-order valence-corrected chi connectivity index (χ4v) is 6.24. The number of piperazine rings is 1. The third-order valence-corrected chi connectivity index (χ3v) is 8.91. The first-order valence-corrected chi connectivity index (χ1v) is 15.5. The molecule has 2 aliphatic heterocycles. The maximum atomic E-state index is 14.0. The first-order valence-electron chi connectivity index (χ1n) is 15.1. The van der Waals surface area contributed by atoms with E-state index in [-0.39, 0.29) is 57.0 Å². The number of carbonyl (C=O) groups is 3. The van der Waals surface area contributed by atoms with E-state index in [1.165, 1.54) is 48.1 Å². The lowest BCUT2D eigenvalue weighted by molar-refractivity contribution is -0.141. The second-order valence-electron chi connectivity index (χ2n) is 11.7. The fourth-order valence-electron chi connectivity index (χ4n) is 5.98. The van der Waals surface area contributed by atoms with Crippen LogP contribution in [0.15, 0.2) is 48.9 Å². The van der Waals surface area contributed by atoms with Crippen LogP contribution in [0.4, 0.5) is 24.5 Å². The summed E-state index contributed by atoms with van der Waals surface area (Å²) in [6, 6.07) is 7.21. The number of nitrogens with one attached hydrogen (secondary N) is 1. The maximum Gasteiger partial charge on any atom is 0.435 e. The summed E-state index contributed by atoms with van der Waals surface area (Å²) in [6.45, 7) is 2.48. The molecular formula is C31H32ClF3N10O3. The van der Waals surface area contributed by atoms with E-state index in [1.807, 2.05) is 7.05 Å². The number of nitrogens with zero attached hydrogens (tertiary/aromatic N) is 8. The molecule has 0 spiro atoms. The monoisotopic (exact) mass is 684 g/mol. The molecule has 13 nitrogen and oxygen atoms in total. The van der Waals surface area contributed by atoms with Crippen LogP contribution in [0.5, 0.6) is 0 Å². The number of imidazole rings is 1. The van der Waals surface area contributed by atoms with Gasteiger partial charge in [-0.15, -0.1) is 0 Å². The van der Waals surface area contributed by atoms with Crippen LogP contribution < -0.4 is 11.1 Å². The topological polar surface area (TPSA) is 148 Å². The third-order valence-electron chi connectivity index (χ3n) is 8.60. The molecule has 3 aromatic heterocycles. The minimum atomic E-state index is -4.81. The molecule has 1 atom stereocenters. The molecule has 2 saturated heterocycles. The zero-order valence-corrected chi connectivity index (χ0v) is 26.8. The number of likely N-dealkylation sites (tertiary alicyclic amines) is 1. The highest BCUT2D eigenvalue weighted by atomic mass is 35.5. The number of carbonyl (C=O) groups excluding carboxylic acids is 3. The van der Waals surface area contributed by atoms with Crippen molar-refractivity contribution in [3.05, 3.63) is 71.0 Å². The molecule has 4 aromatic rings. The highest BCUT2D eigenvalue weighted by Gasteiger charge is 2.39. The normalized spacial score (nSPS) is 17.2. The summed E-state index contributed by atoms with van der Waals surface area (Å²) < 4.78 is 44.2. The summed E-state index contributed by atoms with van der Waals surface area (Å²) in [7, 11) is 3.35. The summed E-state index contributed by atoms with van der Waals surface area (Å²) in [5.41, 5.74) is 4.96. The molecular weight excluding hydrogens is 653 g/mol. The second-order valence-corrected chi connectivity index (χ2v) is 12.1. The Hall–Kier alpha value is -4.96. The number of likely N-dealkylation sites (N-methyl/N-ethyl adjacent to an activating group) is 1. The van der Waals surface area contributed by atoms with Gasteiger partial charge in [0.05, 0.1) is 46.0 Å². The van der Waals surface area contributed by atoms with Crippen molar-refractivity contribution in [1.29, 1.82) is 0 Å². The summed E-state index contributed by atoms with van der Waals surface area (Å²) in [5.74, 6) is -0.986. The Labute approximate surface area is 278 Å². The van der Waals surface area contributed by atoms with Gasteiger partial charge in [-0.1, -0.05) is 11.6 Å². The van der Waals surface area contributed by atoms with Gasteiger partial charge in [-0.25, -0.2) is 14.6 Å². The zero-order valence-electron chi connectivity index (χ0n) is 26.0. The highest BCUT2D eigenvalue weighted by molar-refractivity contribution is 6.34. The van der Waals surface area contributed by atoms with Crippen molar-refractivity contribution < 1.29 is 27.6 Å². The van der Waals surface area contributed by atoms with Crippen LogP contribution in [0.3, 0.4) is 0 Å². The number of nitrogens with two attached hydrogens (primary N) is 1. The smallest absolute Gasteiger partial charge is 0.397 e. The van der Waals surface area contributed by atoms with Gasteiger partial charge >= 0.3 is 6.18 Å². The quantitative estimate of drug-likeness (QED) is 0.314. The van der Waals surface area contributed by atoms with Gasteiger partial charge in [0.2, 0.25) is 5.91 Å². The lowest BCUT2D eigenvalue weighted by Crippen LogP contribution is -2.54. The lowest BCUT2D eigenvalue weighted by Gasteiger charge is -2.37. The Morgan fingerprint density at radius 2 is 1.71 bits per heavy atom. The number of hydrogen-bond acceptors (Lipinski definition) is 8. The molecule has 3 N–H and O–H groups in total. The molecule has 3 amide bonds. The average molecular weight is 685 g/mol. The Morgan fingerprint density at radius 3 is 2.33 bits per heavy atom. The largest absolute Gasteiger partial charge is 0.435 e. The first kappa shape index (κ1) is 33.0. The highest BCUT2D eigenvalue weighted by Crippen LogP contribution is 2.37. The summed E-state index contributed by atoms with van der Waals surface area (Å²) in [6.07, 6.45) is 0.614. The van der Waals surface area contributed by atoms with Crippen LogP contribution in [0.2, 0.25) is 5.02 Å². The summed E-state index contributed by atoms with van der Waals surface area (Å²) in [4.78, 5) is 53.0. The SMILES string of the molecule is CN1CCC[C@H]1C(=O)N1CCN(C(=O)c2ccc(NC(=O)c3ncc(-c4cn(-c5ccc(N)cn5)nc4C(F)(F)F)n3C)cc2Cl)CC1. The van der Waals surface area contributed by atoms with Gasteiger partial charge < -0.3 is 25.4 Å². The van der Waals surface area contributed by atoms with E-state index in [9.17, 15) is 27.6 Å². The van der Waals surface area contributed by atoms with Crippen LogP contribution in [-0.4, -0.2) is 103 Å². The predicted octanol–water partition coefficient (Wildman–Crippen LogP) is 3.55. The van der Waals surface area contributed by atoms with E-state index >= 15 is 0 Å². The number of pyridine rings is 1. The van der Waals surface area contributed by atoms with E-state index in [4.69, 9.17) is 17.3 Å². The summed E-state index contributed by atoms with van der Waals surface area (Å²) in [5, 5.41) is 6.43. The van der Waals surface area contributed by atoms with Crippen molar-refractivity contribution in [2.24, 2.45) is 7.05 Å². The third kappa shape index (κ3) is 6.44. The van der Waals surface area contributed by atoms with Gasteiger partial charge in [0.25, 0.3) is 11.8 Å². The molecule has 2 aliphatic rings. The average Bonchev–Trinajstić information content (AvgIpc) is 3.79. The molecule has 252 valence electrons. The molecule has 0 aliphatic carbocycles. The second kappa shape index (κ2) is 12.9. The number of anilines is 2. The molecule has 0 unspecified atom stereocenters. The van der Waals surface area contributed by atoms with Crippen molar-refractivity contribution in [2.75, 3.05) is 50.8 Å². The number of nitrogen functional groups attached to an aromatic ring is 1. The van der Waals surface area contributed by atoms with Gasteiger partial charge in [-0.3, -0.25) is 19.3 Å². The van der Waals surface area contributed by atoms with Crippen molar-refractivity contribution in [2.45, 2.75) is 25.1 Å². The molecule has 17 heteroatoms. The summed E-state index contributed by atoms with van der Waals surface area (Å²) >= 11 is 6.47. The van der Waals surface area contributed by atoms with Gasteiger partial charge in [0.1, 0.15) is 0 Å². The molecule has 2 fully saturated rings. The maximum absolute atomic E-state index is 14.0. The van der Waals surface area contributed by atoms with E-state index in [2.05, 4.69) is 25.3 Å². The van der Waals surface area contributed by atoms with Crippen molar-refractivity contribution in [1.82, 2.24) is 39.0 Å². The van der Waals surface area contributed by atoms with Crippen molar-refractivity contribution in [3.8, 4) is 17.1 Å². The van der Waals surface area contributed by atoms with Crippen LogP contribution in [0, 0.1) is 0 Å². The predicted molar refractivity (Wildman–Crippen MR) is 171 cm³/mol. The Morgan fingerprint density at radius 1 is 0.979 bits per heavy atom. The van der Waals surface area contributed by atoms with Crippen molar-refractivity contribution in [3.63, 3.8) is 0 Å². The van der Waals surface area contributed by atoms with Gasteiger partial charge in [-0.05, 0) is 56.8 Å². The van der Waals surface area contributed by atoms with Crippen LogP contribution >= 0.6 is 11.6 Å². The standard InChI is InChI=1S/C31H32ClF3N10O3/c1-41-9-3-4-23(41)30(48)44-12-10-43(11-13-44)29(47)20-7-6-19(14-22(20)32)39-28(46)27-38-16-24(42(27)2)21-17-45(40-26(21)31(33,34)35)25-8-5-18(36)15-37-25/h5-8,14-17,23H,3-4,9-13,36H2,1-2H3,(H,39,46)/t23-/m0/s1. The van der Waals surface area contributed by atoms with Crippen LogP contribution in [0.1, 0.15) is 39.5 Å². The van der Waals surface area contributed by atoms with Gasteiger partial charge in [-0.2, -0.15) is 18.3 Å². The van der Waals surface area contributed by atoms with E-state index in [1.54, 1.807) is 9.80 Å². The minimum Gasteiger partial charge on any atom is -0.397 e. The van der Waals surface area contributed by atoms with Crippen LogP contribution in [-0.2, 0) is 18.0 Å². The molecule has 1 aromatic carbocycles. The molecule has 6 rings (SSSR count). The number of amides is 3. The number of halogens is 4. The molecule has 0 radical (unpaired) electrons. The molecule has 0 saturated carbocycles. The molecule has 48 heavy (non-hydrogen) atoms. The van der Waals surface area contributed by atoms with E-state index in [0.717, 1.165) is 36.5 Å². The number of aromatic nitrogens is 5. The molecule has 5 heterocycles. The Bertz CT molecular complexity index is 1870. The lowest BCUT2D eigenvalue weighted by atomic mass is 10.1. The van der Waals surface area contributed by atoms with Crippen molar-refractivity contribution >= 4 is 40.7 Å². The molecule has 0 bridgehead atoms. The van der Waals surface area contributed by atoms with Gasteiger partial charge in [0.15, 0.2) is 17.3 Å². The number of alkyl halides is 3. The zero-order chi connectivity index (χ0) is 34.3. The number of rotatable bonds is 6. The van der Waals surface area contributed by atoms with Gasteiger partial charge in [0, 0.05) is 45.1 Å². The minimum absolute atomic E-state index is 0.00907. The van der Waals surface area contributed by atoms with Crippen LogP contribution in [0.25, 0.3) is 17.1 Å². The Kier molecular flexibility index (Phi) is 8.87.